The summed E-state index contributed by atoms with van der Waals surface area (Å²) in [6, 6.07) is 5.09. The number of benzene rings is 1. The van der Waals surface area contributed by atoms with Gasteiger partial charge in [-0.2, -0.15) is 0 Å². The number of hydrogen-bond donors (Lipinski definition) is 0. The Morgan fingerprint density at radius 2 is 1.48 bits per heavy atom. The topological polar surface area (TPSA) is 3.24 Å². The third-order valence-electron chi connectivity index (χ3n) is 4.54. The summed E-state index contributed by atoms with van der Waals surface area (Å²) in [5, 5.41) is 0. The highest BCUT2D eigenvalue weighted by Crippen LogP contribution is 2.12. The molecule has 0 atom stereocenters. The van der Waals surface area contributed by atoms with Gasteiger partial charge in [0, 0.05) is 13.1 Å². The smallest absolute Gasteiger partial charge is 0.126 e. The van der Waals surface area contributed by atoms with Gasteiger partial charge in [-0.05, 0) is 77.1 Å². The first-order valence-corrected chi connectivity index (χ1v) is 11.5. The van der Waals surface area contributed by atoms with Crippen LogP contribution in [0.3, 0.4) is 0 Å². The van der Waals surface area contributed by atoms with Gasteiger partial charge in [0.2, 0.25) is 0 Å². The monoisotopic (exact) mass is 435 g/mol. The number of nitrogens with zero attached hydrogens (tertiary/aromatic N) is 1. The molecule has 0 aliphatic rings. The minimum Gasteiger partial charge on any atom is -0.303 e. The minimum atomic E-state index is -0.147. The van der Waals surface area contributed by atoms with Crippen LogP contribution in [0.1, 0.15) is 73.4 Å². The van der Waals surface area contributed by atoms with E-state index in [1.807, 2.05) is 39.0 Å². The van der Waals surface area contributed by atoms with Crippen LogP contribution in [0.2, 0.25) is 0 Å². The van der Waals surface area contributed by atoms with Crippen LogP contribution in [-0.2, 0) is 0 Å². The van der Waals surface area contributed by atoms with Crippen molar-refractivity contribution < 1.29 is 8.78 Å². The van der Waals surface area contributed by atoms with Gasteiger partial charge in [-0.1, -0.05) is 76.1 Å². The average molecular weight is 436 g/mol. The van der Waals surface area contributed by atoms with Crippen molar-refractivity contribution in [2.75, 3.05) is 19.6 Å². The summed E-state index contributed by atoms with van der Waals surface area (Å²) in [5.41, 5.74) is 3.59. The maximum atomic E-state index is 12.8. The summed E-state index contributed by atoms with van der Waals surface area (Å²) in [6.45, 7) is 26.1. The van der Waals surface area contributed by atoms with E-state index in [2.05, 4.69) is 39.5 Å². The standard InChI is InChI=1S/C10H15F.C10H23N.C8H9F/c1-5-8(3)7-9(4)10(11)6-2;1-6-11(7-9(2)3)8-10(4)5;1-6-3-4-8(9)7(2)5-6/h5-7H,1-4H3;9-10H,6-8H2,1-5H3;3-5H,1-2H3/b8-5-,9-7-,10-6+;;. The molecule has 31 heavy (non-hydrogen) atoms. The van der Waals surface area contributed by atoms with Crippen molar-refractivity contribution in [3.63, 3.8) is 0 Å². The zero-order valence-corrected chi connectivity index (χ0v) is 21.9. The summed E-state index contributed by atoms with van der Waals surface area (Å²) in [4.78, 5) is 2.52. The van der Waals surface area contributed by atoms with E-state index in [1.54, 1.807) is 26.8 Å². The zero-order chi connectivity index (χ0) is 24.6. The second kappa shape index (κ2) is 17.9. The SMILES string of the molecule is CCN(CC(C)C)CC(C)C.C\C=C(C)/C=C(C)\C(F)=C/C.Cc1ccc(F)c(C)c1. The number of hydrogen-bond acceptors (Lipinski definition) is 1. The summed E-state index contributed by atoms with van der Waals surface area (Å²) in [7, 11) is 0. The molecule has 0 radical (unpaired) electrons. The molecule has 0 aliphatic carbocycles. The first-order valence-electron chi connectivity index (χ1n) is 11.5. The number of halogens is 2. The summed E-state index contributed by atoms with van der Waals surface area (Å²) < 4.78 is 25.3. The molecule has 0 aliphatic heterocycles. The molecule has 178 valence electrons. The molecule has 3 heteroatoms. The van der Waals surface area contributed by atoms with Crippen molar-refractivity contribution in [1.82, 2.24) is 4.90 Å². The van der Waals surface area contributed by atoms with E-state index in [0.29, 0.717) is 5.57 Å². The lowest BCUT2D eigenvalue weighted by Gasteiger charge is -2.24. The zero-order valence-electron chi connectivity index (χ0n) is 21.9. The Morgan fingerprint density at radius 1 is 0.968 bits per heavy atom. The van der Waals surface area contributed by atoms with Gasteiger partial charge in [-0.15, -0.1) is 0 Å². The predicted octanol–water partition coefficient (Wildman–Crippen LogP) is 8.84. The first-order chi connectivity index (χ1) is 14.4. The fourth-order valence-electron chi connectivity index (χ4n) is 2.88. The third-order valence-corrected chi connectivity index (χ3v) is 4.54. The minimum absolute atomic E-state index is 0.124. The molecule has 0 saturated carbocycles. The van der Waals surface area contributed by atoms with Crippen molar-refractivity contribution >= 4 is 0 Å². The molecular formula is C28H47F2N. The van der Waals surface area contributed by atoms with E-state index in [1.165, 1.54) is 31.8 Å². The van der Waals surface area contributed by atoms with Gasteiger partial charge >= 0.3 is 0 Å². The maximum absolute atomic E-state index is 12.8. The Kier molecular flexibility index (Phi) is 18.1. The van der Waals surface area contributed by atoms with Crippen molar-refractivity contribution in [3.05, 3.63) is 70.3 Å². The summed E-state index contributed by atoms with van der Waals surface area (Å²) >= 11 is 0. The van der Waals surface area contributed by atoms with Crippen LogP contribution in [0.25, 0.3) is 0 Å². The van der Waals surface area contributed by atoms with E-state index in [4.69, 9.17) is 0 Å². The lowest BCUT2D eigenvalue weighted by Crippen LogP contribution is -2.30. The molecular weight excluding hydrogens is 388 g/mol. The highest BCUT2D eigenvalue weighted by atomic mass is 19.1. The van der Waals surface area contributed by atoms with Gasteiger partial charge in [0.05, 0.1) is 0 Å². The van der Waals surface area contributed by atoms with Crippen LogP contribution in [0.4, 0.5) is 8.78 Å². The molecule has 0 fully saturated rings. The lowest BCUT2D eigenvalue weighted by atomic mass is 10.1. The van der Waals surface area contributed by atoms with Gasteiger partial charge in [-0.25, -0.2) is 8.78 Å². The molecule has 0 bridgehead atoms. The van der Waals surface area contributed by atoms with Crippen LogP contribution in [0.15, 0.2) is 53.4 Å². The molecule has 0 amide bonds. The molecule has 0 spiro atoms. The Labute approximate surface area is 191 Å². The van der Waals surface area contributed by atoms with Crippen molar-refractivity contribution in [3.8, 4) is 0 Å². The van der Waals surface area contributed by atoms with Crippen molar-refractivity contribution in [1.29, 1.82) is 0 Å². The second-order valence-corrected chi connectivity index (χ2v) is 8.89. The van der Waals surface area contributed by atoms with E-state index < -0.39 is 0 Å². The Balaban J connectivity index is 0. The van der Waals surface area contributed by atoms with Gasteiger partial charge in [0.15, 0.2) is 0 Å². The van der Waals surface area contributed by atoms with Crippen molar-refractivity contribution in [2.24, 2.45) is 11.8 Å². The van der Waals surface area contributed by atoms with Gasteiger partial charge < -0.3 is 4.90 Å². The van der Waals surface area contributed by atoms with Gasteiger partial charge in [0.1, 0.15) is 11.6 Å². The first kappa shape index (κ1) is 31.4. The van der Waals surface area contributed by atoms with Gasteiger partial charge in [-0.3, -0.25) is 0 Å². The summed E-state index contributed by atoms with van der Waals surface area (Å²) in [6.07, 6.45) is 5.25. The Morgan fingerprint density at radius 3 is 1.81 bits per heavy atom. The second-order valence-electron chi connectivity index (χ2n) is 8.89. The van der Waals surface area contributed by atoms with E-state index in [0.717, 1.165) is 28.5 Å². The van der Waals surface area contributed by atoms with E-state index in [9.17, 15) is 8.78 Å². The Bertz CT molecular complexity index is 687. The molecule has 1 rings (SSSR count). The molecule has 1 aromatic carbocycles. The molecule has 0 aromatic heterocycles. The molecule has 0 saturated heterocycles. The highest BCUT2D eigenvalue weighted by molar-refractivity contribution is 5.30. The molecule has 0 unspecified atom stereocenters. The van der Waals surface area contributed by atoms with E-state index >= 15 is 0 Å². The number of allylic oxidation sites excluding steroid dienone is 6. The predicted molar refractivity (Wildman–Crippen MR) is 136 cm³/mol. The van der Waals surface area contributed by atoms with Crippen LogP contribution >= 0.6 is 0 Å². The fourth-order valence-corrected chi connectivity index (χ4v) is 2.88. The Hall–Kier alpha value is -1.74. The summed E-state index contributed by atoms with van der Waals surface area (Å²) in [5.74, 6) is 1.33. The maximum Gasteiger partial charge on any atom is 0.126 e. The molecule has 0 N–H and O–H groups in total. The van der Waals surface area contributed by atoms with Crippen molar-refractivity contribution in [2.45, 2.75) is 76.2 Å². The third kappa shape index (κ3) is 17.6. The highest BCUT2D eigenvalue weighted by Gasteiger charge is 2.06. The quantitative estimate of drug-likeness (QED) is 0.387. The number of aryl methyl sites for hydroxylation is 2. The largest absolute Gasteiger partial charge is 0.303 e. The number of rotatable bonds is 7. The van der Waals surface area contributed by atoms with Crippen LogP contribution in [0.5, 0.6) is 0 Å². The average Bonchev–Trinajstić information content (AvgIpc) is 2.69. The molecule has 0 heterocycles. The van der Waals surface area contributed by atoms with Gasteiger partial charge in [0.25, 0.3) is 0 Å². The van der Waals surface area contributed by atoms with E-state index in [-0.39, 0.29) is 11.6 Å². The van der Waals surface area contributed by atoms with Crippen LogP contribution in [0, 0.1) is 31.5 Å². The molecule has 1 aromatic rings. The van der Waals surface area contributed by atoms with Crippen LogP contribution in [-0.4, -0.2) is 24.5 Å². The fraction of sp³-hybridized carbons (Fsp3) is 0.571. The van der Waals surface area contributed by atoms with Crippen LogP contribution < -0.4 is 0 Å². The lowest BCUT2D eigenvalue weighted by molar-refractivity contribution is 0.230. The molecule has 1 nitrogen and oxygen atoms in total. The normalized spacial score (nSPS) is 12.6.